The number of benzene rings is 2. The second-order valence-corrected chi connectivity index (χ2v) is 5.21. The summed E-state index contributed by atoms with van der Waals surface area (Å²) in [5.74, 6) is -0.252. The smallest absolute Gasteiger partial charge is 0.123 e. The molecule has 1 aromatic heterocycles. The molecule has 1 atom stereocenters. The molecule has 3 heteroatoms. The molecule has 0 saturated carbocycles. The fraction of sp³-hybridized carbons (Fsp3) is 0.167. The molecule has 1 heterocycles. The minimum atomic E-state index is -0.659. The maximum atomic E-state index is 13.1. The van der Waals surface area contributed by atoms with Gasteiger partial charge in [-0.1, -0.05) is 30.3 Å². The van der Waals surface area contributed by atoms with E-state index >= 15 is 0 Å². The predicted octanol–water partition coefficient (Wildman–Crippen LogP) is 3.96. The zero-order chi connectivity index (χ0) is 14.8. The molecule has 0 spiro atoms. The zero-order valence-electron chi connectivity index (χ0n) is 11.8. The first-order valence-electron chi connectivity index (χ1n) is 6.92. The number of para-hydroxylation sites is 1. The highest BCUT2D eigenvalue weighted by molar-refractivity contribution is 5.81. The summed E-state index contributed by atoms with van der Waals surface area (Å²) >= 11 is 0. The van der Waals surface area contributed by atoms with E-state index in [0.29, 0.717) is 6.42 Å². The van der Waals surface area contributed by atoms with Gasteiger partial charge in [-0.05, 0) is 36.2 Å². The number of rotatable bonds is 3. The van der Waals surface area contributed by atoms with Gasteiger partial charge < -0.3 is 5.11 Å². The van der Waals surface area contributed by atoms with E-state index in [-0.39, 0.29) is 5.82 Å². The highest BCUT2D eigenvalue weighted by Crippen LogP contribution is 2.26. The van der Waals surface area contributed by atoms with Gasteiger partial charge in [-0.25, -0.2) is 4.39 Å². The predicted molar refractivity (Wildman–Crippen MR) is 81.5 cm³/mol. The molecule has 1 N–H and O–H groups in total. The lowest BCUT2D eigenvalue weighted by atomic mass is 9.96. The average molecular weight is 281 g/mol. The molecule has 2 nitrogen and oxygen atoms in total. The van der Waals surface area contributed by atoms with Crippen molar-refractivity contribution in [1.29, 1.82) is 0 Å². The van der Waals surface area contributed by atoms with Gasteiger partial charge in [0.2, 0.25) is 0 Å². The van der Waals surface area contributed by atoms with Crippen molar-refractivity contribution >= 4 is 10.9 Å². The summed E-state index contributed by atoms with van der Waals surface area (Å²) in [6.07, 6.45) is 1.51. The normalized spacial score (nSPS) is 12.5. The van der Waals surface area contributed by atoms with Crippen LogP contribution >= 0.6 is 0 Å². The largest absolute Gasteiger partial charge is 0.388 e. The lowest BCUT2D eigenvalue weighted by Crippen LogP contribution is -2.04. The highest BCUT2D eigenvalue weighted by Gasteiger charge is 2.14. The standard InChI is InChI=1S/C18H16FNO/c1-12-10-15(19)8-7-14(12)11-17(21)16-6-2-4-13-5-3-9-20-18(13)16/h2-10,17,21H,11H2,1H3. The molecule has 0 fully saturated rings. The number of hydrogen-bond acceptors (Lipinski definition) is 2. The summed E-state index contributed by atoms with van der Waals surface area (Å²) in [4.78, 5) is 4.36. The first kappa shape index (κ1) is 13.7. The van der Waals surface area contributed by atoms with E-state index in [9.17, 15) is 9.50 Å². The average Bonchev–Trinajstić information content (AvgIpc) is 2.49. The number of aliphatic hydroxyl groups is 1. The summed E-state index contributed by atoms with van der Waals surface area (Å²) < 4.78 is 13.1. The third-order valence-electron chi connectivity index (χ3n) is 3.74. The summed E-state index contributed by atoms with van der Waals surface area (Å²) in [6, 6.07) is 14.3. The van der Waals surface area contributed by atoms with Crippen LogP contribution in [0.1, 0.15) is 22.8 Å². The monoisotopic (exact) mass is 281 g/mol. The Morgan fingerprint density at radius 1 is 1.14 bits per heavy atom. The molecule has 0 bridgehead atoms. The number of fused-ring (bicyclic) bond motifs is 1. The van der Waals surface area contributed by atoms with Crippen LogP contribution in [-0.2, 0) is 6.42 Å². The Morgan fingerprint density at radius 3 is 2.76 bits per heavy atom. The number of nitrogens with zero attached hydrogens (tertiary/aromatic N) is 1. The molecule has 3 rings (SSSR count). The van der Waals surface area contributed by atoms with Crippen LogP contribution in [0, 0.1) is 12.7 Å². The topological polar surface area (TPSA) is 33.1 Å². The highest BCUT2D eigenvalue weighted by atomic mass is 19.1. The molecule has 0 aliphatic carbocycles. The third-order valence-corrected chi connectivity index (χ3v) is 3.74. The summed E-state index contributed by atoms with van der Waals surface area (Å²) in [7, 11) is 0. The van der Waals surface area contributed by atoms with Gasteiger partial charge in [-0.2, -0.15) is 0 Å². The van der Waals surface area contributed by atoms with Gasteiger partial charge in [-0.15, -0.1) is 0 Å². The van der Waals surface area contributed by atoms with E-state index in [1.807, 2.05) is 37.3 Å². The van der Waals surface area contributed by atoms with Crippen molar-refractivity contribution in [2.24, 2.45) is 0 Å². The quantitative estimate of drug-likeness (QED) is 0.788. The molecule has 3 aromatic rings. The van der Waals surface area contributed by atoms with Crippen molar-refractivity contribution in [2.45, 2.75) is 19.4 Å². The second kappa shape index (κ2) is 5.62. The summed E-state index contributed by atoms with van der Waals surface area (Å²) in [5, 5.41) is 11.5. The molecule has 1 unspecified atom stereocenters. The Hall–Kier alpha value is -2.26. The van der Waals surface area contributed by atoms with Gasteiger partial charge in [0.15, 0.2) is 0 Å². The van der Waals surface area contributed by atoms with Crippen molar-refractivity contribution in [3.63, 3.8) is 0 Å². The van der Waals surface area contributed by atoms with E-state index in [1.165, 1.54) is 12.1 Å². The van der Waals surface area contributed by atoms with Gasteiger partial charge in [0, 0.05) is 23.6 Å². The van der Waals surface area contributed by atoms with Crippen LogP contribution in [0.5, 0.6) is 0 Å². The Morgan fingerprint density at radius 2 is 1.95 bits per heavy atom. The Labute approximate surface area is 122 Å². The fourth-order valence-corrected chi connectivity index (χ4v) is 2.60. The Bertz CT molecular complexity index is 780. The van der Waals surface area contributed by atoms with Crippen molar-refractivity contribution in [3.05, 3.63) is 77.2 Å². The second-order valence-electron chi connectivity index (χ2n) is 5.21. The number of halogens is 1. The minimum absolute atomic E-state index is 0.252. The lowest BCUT2D eigenvalue weighted by Gasteiger charge is -2.14. The molecule has 21 heavy (non-hydrogen) atoms. The van der Waals surface area contributed by atoms with Gasteiger partial charge in [-0.3, -0.25) is 4.98 Å². The van der Waals surface area contributed by atoms with Crippen LogP contribution in [0.15, 0.2) is 54.7 Å². The van der Waals surface area contributed by atoms with Crippen LogP contribution < -0.4 is 0 Å². The number of aliphatic hydroxyl groups excluding tert-OH is 1. The third kappa shape index (κ3) is 2.78. The summed E-state index contributed by atoms with van der Waals surface area (Å²) in [6.45, 7) is 1.85. The molecule has 0 saturated heterocycles. The van der Waals surface area contributed by atoms with E-state index in [1.54, 1.807) is 12.3 Å². The fourth-order valence-electron chi connectivity index (χ4n) is 2.60. The molecule has 0 radical (unpaired) electrons. The zero-order valence-corrected chi connectivity index (χ0v) is 11.8. The Kier molecular flexibility index (Phi) is 3.67. The SMILES string of the molecule is Cc1cc(F)ccc1CC(O)c1cccc2cccnc12. The molecular weight excluding hydrogens is 265 g/mol. The van der Waals surface area contributed by atoms with Crippen LogP contribution in [0.25, 0.3) is 10.9 Å². The van der Waals surface area contributed by atoms with Crippen molar-refractivity contribution in [1.82, 2.24) is 4.98 Å². The molecule has 0 aliphatic heterocycles. The maximum absolute atomic E-state index is 13.1. The summed E-state index contributed by atoms with van der Waals surface area (Å²) in [5.41, 5.74) is 3.41. The van der Waals surface area contributed by atoms with Gasteiger partial charge in [0.25, 0.3) is 0 Å². The van der Waals surface area contributed by atoms with E-state index in [4.69, 9.17) is 0 Å². The molecule has 0 aliphatic rings. The minimum Gasteiger partial charge on any atom is -0.388 e. The number of aryl methyl sites for hydroxylation is 1. The number of aromatic nitrogens is 1. The van der Waals surface area contributed by atoms with Crippen molar-refractivity contribution in [3.8, 4) is 0 Å². The number of hydrogen-bond donors (Lipinski definition) is 1. The van der Waals surface area contributed by atoms with E-state index in [0.717, 1.165) is 27.6 Å². The van der Waals surface area contributed by atoms with Crippen LogP contribution in [-0.4, -0.2) is 10.1 Å². The van der Waals surface area contributed by atoms with Gasteiger partial charge in [0.1, 0.15) is 5.82 Å². The van der Waals surface area contributed by atoms with Crippen LogP contribution in [0.4, 0.5) is 4.39 Å². The van der Waals surface area contributed by atoms with Crippen molar-refractivity contribution in [2.75, 3.05) is 0 Å². The van der Waals surface area contributed by atoms with Crippen LogP contribution in [0.2, 0.25) is 0 Å². The van der Waals surface area contributed by atoms with Gasteiger partial charge in [0.05, 0.1) is 11.6 Å². The van der Waals surface area contributed by atoms with E-state index in [2.05, 4.69) is 4.98 Å². The molecule has 106 valence electrons. The van der Waals surface area contributed by atoms with E-state index < -0.39 is 6.10 Å². The Balaban J connectivity index is 1.95. The van der Waals surface area contributed by atoms with Crippen LogP contribution in [0.3, 0.4) is 0 Å². The van der Waals surface area contributed by atoms with Gasteiger partial charge >= 0.3 is 0 Å². The molecular formula is C18H16FNO. The first-order valence-corrected chi connectivity index (χ1v) is 6.92. The maximum Gasteiger partial charge on any atom is 0.123 e. The first-order chi connectivity index (χ1) is 10.1. The molecule has 2 aromatic carbocycles. The molecule has 0 amide bonds. The van der Waals surface area contributed by atoms with Crippen molar-refractivity contribution < 1.29 is 9.50 Å². The lowest BCUT2D eigenvalue weighted by molar-refractivity contribution is 0.179. The number of pyridine rings is 1.